The van der Waals surface area contributed by atoms with Crippen LogP contribution in [0.2, 0.25) is 10.0 Å². The van der Waals surface area contributed by atoms with Crippen molar-refractivity contribution in [2.75, 3.05) is 13.2 Å². The van der Waals surface area contributed by atoms with Gasteiger partial charge in [-0.2, -0.15) is 0 Å². The fourth-order valence-electron chi connectivity index (χ4n) is 4.41. The van der Waals surface area contributed by atoms with Gasteiger partial charge >= 0.3 is 6.69 Å². The Labute approximate surface area is 191 Å². The van der Waals surface area contributed by atoms with Gasteiger partial charge in [-0.3, -0.25) is 14.4 Å². The number of carbonyl (C=O) groups is 3. The quantitative estimate of drug-likeness (QED) is 0.594. The number of halogens is 2. The molecule has 1 aromatic rings. The van der Waals surface area contributed by atoms with Crippen LogP contribution < -0.4 is 10.6 Å². The van der Waals surface area contributed by atoms with Crippen molar-refractivity contribution in [3.63, 3.8) is 0 Å². The van der Waals surface area contributed by atoms with Gasteiger partial charge in [0.15, 0.2) is 0 Å². The van der Waals surface area contributed by atoms with Crippen molar-refractivity contribution >= 4 is 47.7 Å². The molecule has 2 fully saturated rings. The first-order chi connectivity index (χ1) is 14.5. The summed E-state index contributed by atoms with van der Waals surface area (Å²) in [6, 6.07) is 4.06. The van der Waals surface area contributed by atoms with Crippen LogP contribution in [0.1, 0.15) is 44.5 Å². The van der Waals surface area contributed by atoms with Crippen molar-refractivity contribution in [2.45, 2.75) is 52.1 Å². The van der Waals surface area contributed by atoms with E-state index in [0.29, 0.717) is 18.1 Å². The summed E-state index contributed by atoms with van der Waals surface area (Å²) in [6.07, 6.45) is 0.545. The van der Waals surface area contributed by atoms with Crippen LogP contribution in [0.5, 0.6) is 0 Å². The van der Waals surface area contributed by atoms with E-state index in [0.717, 1.165) is 0 Å². The first kappa shape index (κ1) is 23.8. The second kappa shape index (κ2) is 9.36. The van der Waals surface area contributed by atoms with E-state index in [-0.39, 0.29) is 35.1 Å². The predicted molar refractivity (Wildman–Crippen MR) is 119 cm³/mol. The van der Waals surface area contributed by atoms with Crippen molar-refractivity contribution in [3.05, 3.63) is 33.8 Å². The Morgan fingerprint density at radius 2 is 2.00 bits per heavy atom. The highest BCUT2D eigenvalue weighted by atomic mass is 35.5. The molecule has 3 rings (SSSR count). The third kappa shape index (κ3) is 4.84. The first-order valence-electron chi connectivity index (χ1n) is 10.4. The summed E-state index contributed by atoms with van der Waals surface area (Å²) in [7, 11) is 0. The van der Waals surface area contributed by atoms with Gasteiger partial charge in [-0.1, -0.05) is 50.4 Å². The maximum absolute atomic E-state index is 12.7. The highest BCUT2D eigenvalue weighted by Gasteiger charge is 2.58. The highest BCUT2D eigenvalue weighted by molar-refractivity contribution is 6.70. The van der Waals surface area contributed by atoms with Crippen LogP contribution in [0.3, 0.4) is 0 Å². The van der Waals surface area contributed by atoms with E-state index in [4.69, 9.17) is 32.5 Å². The van der Waals surface area contributed by atoms with Crippen molar-refractivity contribution in [1.29, 1.82) is 0 Å². The van der Waals surface area contributed by atoms with Gasteiger partial charge in [0.25, 0.3) is 11.9 Å². The molecular formula is C20H27BCl2N3O5-. The lowest BCUT2D eigenvalue weighted by atomic mass is 9.59. The molecule has 1 aromatic carbocycles. The van der Waals surface area contributed by atoms with E-state index >= 15 is 0 Å². The first-order valence-corrected chi connectivity index (χ1v) is 11.1. The third-order valence-corrected chi connectivity index (χ3v) is 6.30. The van der Waals surface area contributed by atoms with E-state index in [2.05, 4.69) is 10.6 Å². The van der Waals surface area contributed by atoms with Crippen LogP contribution >= 0.6 is 23.2 Å². The fraction of sp³-hybridized carbons (Fsp3) is 0.550. The maximum Gasteiger partial charge on any atom is 0.396 e. The Morgan fingerprint density at radius 3 is 2.68 bits per heavy atom. The molecule has 170 valence electrons. The summed E-state index contributed by atoms with van der Waals surface area (Å²) < 4.78 is 11.8. The third-order valence-electron chi connectivity index (χ3n) is 5.74. The van der Waals surface area contributed by atoms with E-state index in [9.17, 15) is 14.4 Å². The number of benzene rings is 1. The normalized spacial score (nSPS) is 26.5. The molecule has 0 spiro atoms. The molecule has 11 heteroatoms. The molecule has 4 atom stereocenters. The number of hydrogen-bond donors (Lipinski definition) is 2. The summed E-state index contributed by atoms with van der Waals surface area (Å²) in [4.78, 5) is 39.4. The number of rotatable bonds is 7. The van der Waals surface area contributed by atoms with Crippen molar-refractivity contribution < 1.29 is 23.7 Å². The van der Waals surface area contributed by atoms with E-state index < -0.39 is 30.5 Å². The molecular weight excluding hydrogens is 444 g/mol. The van der Waals surface area contributed by atoms with Gasteiger partial charge in [0.1, 0.15) is 0 Å². The van der Waals surface area contributed by atoms with Crippen LogP contribution in [-0.4, -0.2) is 60.5 Å². The fourth-order valence-corrected chi connectivity index (χ4v) is 4.79. The maximum atomic E-state index is 12.7. The van der Waals surface area contributed by atoms with Crippen molar-refractivity contribution in [3.8, 4) is 0 Å². The van der Waals surface area contributed by atoms with Crippen LogP contribution in [-0.2, 0) is 18.9 Å². The number of nitrogens with one attached hydrogen (secondary N) is 2. The lowest BCUT2D eigenvalue weighted by Gasteiger charge is -2.45. The Morgan fingerprint density at radius 1 is 1.29 bits per heavy atom. The van der Waals surface area contributed by atoms with Crippen LogP contribution in [0, 0.1) is 5.92 Å². The minimum Gasteiger partial charge on any atom is -0.651 e. The largest absolute Gasteiger partial charge is 0.651 e. The van der Waals surface area contributed by atoms with Crippen LogP contribution in [0.25, 0.3) is 0 Å². The van der Waals surface area contributed by atoms with Gasteiger partial charge in [0.2, 0.25) is 5.91 Å². The Balaban J connectivity index is 1.71. The number of hydrogen-bond acceptors (Lipinski definition) is 6. The average molecular weight is 471 g/mol. The van der Waals surface area contributed by atoms with Gasteiger partial charge in [-0.25, -0.2) is 0 Å². The second-order valence-corrected chi connectivity index (χ2v) is 9.42. The predicted octanol–water partition coefficient (Wildman–Crippen LogP) is 2.40. The van der Waals surface area contributed by atoms with Crippen LogP contribution in [0.15, 0.2) is 18.2 Å². The monoisotopic (exact) mass is 470 g/mol. The molecule has 2 heterocycles. The standard InChI is InChI=1S/C20H27BCl2N3O5/c1-11(2)7-17(21-26(12(3)10-30-21)13(4)20(29)31-21)25-18(27)9-24-19(28)15-8-14(22)5-6-16(15)23/h5-6,8,11-13,17H,7,9-10H2,1-4H3,(H,24,28)(H,25,27)/q-1/t12-,13+,17+,21?/m1/s1. The molecule has 0 radical (unpaired) electrons. The lowest BCUT2D eigenvalue weighted by molar-refractivity contribution is -0.136. The molecule has 0 aliphatic carbocycles. The summed E-state index contributed by atoms with van der Waals surface area (Å²) in [5.74, 6) is -1.64. The molecule has 2 amide bonds. The van der Waals surface area contributed by atoms with E-state index in [1.807, 2.05) is 25.6 Å². The summed E-state index contributed by atoms with van der Waals surface area (Å²) in [5, 5.41) is 6.07. The van der Waals surface area contributed by atoms with Gasteiger partial charge < -0.3 is 24.8 Å². The molecule has 2 saturated heterocycles. The zero-order valence-corrected chi connectivity index (χ0v) is 19.5. The van der Waals surface area contributed by atoms with Gasteiger partial charge in [-0.05, 0) is 43.0 Å². The lowest BCUT2D eigenvalue weighted by Crippen LogP contribution is -2.66. The smallest absolute Gasteiger partial charge is 0.396 e. The second-order valence-electron chi connectivity index (χ2n) is 8.58. The molecule has 8 nitrogen and oxygen atoms in total. The molecule has 2 N–H and O–H groups in total. The van der Waals surface area contributed by atoms with Gasteiger partial charge in [0.05, 0.1) is 23.2 Å². The number of fused-ring (bicyclic) bond motifs is 1. The average Bonchev–Trinajstić information content (AvgIpc) is 3.16. The molecule has 0 bridgehead atoms. The molecule has 2 aliphatic heterocycles. The molecule has 1 unspecified atom stereocenters. The minimum absolute atomic E-state index is 0.0160. The zero-order valence-electron chi connectivity index (χ0n) is 18.0. The summed E-state index contributed by atoms with van der Waals surface area (Å²) >= 11 is 12.0. The highest BCUT2D eigenvalue weighted by Crippen LogP contribution is 2.37. The molecule has 2 aliphatic rings. The van der Waals surface area contributed by atoms with Crippen LogP contribution in [0.4, 0.5) is 0 Å². The van der Waals surface area contributed by atoms with Crippen molar-refractivity contribution in [1.82, 2.24) is 15.4 Å². The topological polar surface area (TPSA) is 97.0 Å². The minimum atomic E-state index is -2.17. The molecule has 0 aromatic heterocycles. The Kier molecular flexibility index (Phi) is 7.20. The number of carbonyl (C=O) groups excluding carboxylic acids is 3. The zero-order chi connectivity index (χ0) is 22.9. The SMILES string of the molecule is CC(C)C[C@H](NC(=O)CNC(=O)c1cc(Cl)ccc1Cl)[B-]12OC[C@@H](C)N1[C@@H](C)C(=O)O2. The van der Waals surface area contributed by atoms with Gasteiger partial charge in [-0.15, -0.1) is 0 Å². The van der Waals surface area contributed by atoms with E-state index in [1.165, 1.54) is 12.1 Å². The molecule has 0 saturated carbocycles. The van der Waals surface area contributed by atoms with Gasteiger partial charge in [0, 0.05) is 11.6 Å². The van der Waals surface area contributed by atoms with E-state index in [1.54, 1.807) is 13.0 Å². The Bertz CT molecular complexity index is 886. The Hall–Kier alpha value is -1.81. The summed E-state index contributed by atoms with van der Waals surface area (Å²) in [5.41, 5.74) is 0.182. The van der Waals surface area contributed by atoms with Crippen molar-refractivity contribution in [2.24, 2.45) is 5.92 Å². The number of nitrogens with zero attached hydrogens (tertiary/aromatic N) is 1. The molecule has 31 heavy (non-hydrogen) atoms. The summed E-state index contributed by atoms with van der Waals surface area (Å²) in [6.45, 7) is 5.72. The number of amides is 2.